The van der Waals surface area contributed by atoms with Crippen LogP contribution in [0.1, 0.15) is 29.5 Å². The standard InChI is InChI=1S/C20H21NO/c1-3-19(22)21-14-13-16-9-7-8-12-18(16)20(15(21)2)17-10-5-4-6-11-17/h3-12,15,20H,1,13-14H2,2H3/t15-,20+/m0/s1. The molecule has 0 fully saturated rings. The summed E-state index contributed by atoms with van der Waals surface area (Å²) in [5.41, 5.74) is 3.93. The van der Waals surface area contributed by atoms with Gasteiger partial charge in [-0.25, -0.2) is 0 Å². The number of carbonyl (C=O) groups excluding carboxylic acids is 1. The highest BCUT2D eigenvalue weighted by Gasteiger charge is 2.32. The van der Waals surface area contributed by atoms with Crippen LogP contribution in [-0.4, -0.2) is 23.4 Å². The second kappa shape index (κ2) is 6.18. The van der Waals surface area contributed by atoms with Gasteiger partial charge in [0.1, 0.15) is 0 Å². The molecule has 0 N–H and O–H groups in total. The Bertz CT molecular complexity index is 677. The van der Waals surface area contributed by atoms with Gasteiger partial charge in [-0.05, 0) is 36.1 Å². The highest BCUT2D eigenvalue weighted by molar-refractivity contribution is 5.87. The third-order valence-electron chi connectivity index (χ3n) is 4.60. The van der Waals surface area contributed by atoms with E-state index in [4.69, 9.17) is 0 Å². The second-order valence-corrected chi connectivity index (χ2v) is 5.81. The lowest BCUT2D eigenvalue weighted by molar-refractivity contribution is -0.128. The number of carbonyl (C=O) groups is 1. The van der Waals surface area contributed by atoms with Crippen LogP contribution in [0.3, 0.4) is 0 Å². The molecule has 0 unspecified atom stereocenters. The van der Waals surface area contributed by atoms with Crippen molar-refractivity contribution >= 4 is 5.91 Å². The first-order valence-electron chi connectivity index (χ1n) is 7.78. The summed E-state index contributed by atoms with van der Waals surface area (Å²) in [6, 6.07) is 19.1. The van der Waals surface area contributed by atoms with E-state index in [0.717, 1.165) is 13.0 Å². The largest absolute Gasteiger partial charge is 0.335 e. The van der Waals surface area contributed by atoms with E-state index in [0.29, 0.717) is 0 Å². The first kappa shape index (κ1) is 14.6. The lowest BCUT2D eigenvalue weighted by atomic mass is 9.83. The molecule has 2 heteroatoms. The van der Waals surface area contributed by atoms with E-state index in [2.05, 4.69) is 62.0 Å². The molecule has 2 aromatic rings. The fourth-order valence-electron chi connectivity index (χ4n) is 3.50. The molecule has 0 aromatic heterocycles. The lowest BCUT2D eigenvalue weighted by Crippen LogP contribution is -2.41. The molecule has 3 rings (SSSR count). The Labute approximate surface area is 132 Å². The molecule has 1 heterocycles. The van der Waals surface area contributed by atoms with Crippen molar-refractivity contribution in [3.05, 3.63) is 83.9 Å². The van der Waals surface area contributed by atoms with E-state index < -0.39 is 0 Å². The molecule has 2 nitrogen and oxygen atoms in total. The van der Waals surface area contributed by atoms with Gasteiger partial charge in [-0.15, -0.1) is 0 Å². The van der Waals surface area contributed by atoms with Crippen molar-refractivity contribution in [1.82, 2.24) is 4.90 Å². The number of rotatable bonds is 2. The molecule has 22 heavy (non-hydrogen) atoms. The fraction of sp³-hybridized carbons (Fsp3) is 0.250. The Kier molecular flexibility index (Phi) is 4.10. The van der Waals surface area contributed by atoms with Crippen molar-refractivity contribution in [2.45, 2.75) is 25.3 Å². The molecule has 0 bridgehead atoms. The SMILES string of the molecule is C=CC(=O)N1CCc2ccccc2[C@@H](c2ccccc2)[C@@H]1C. The van der Waals surface area contributed by atoms with Crippen LogP contribution in [0.2, 0.25) is 0 Å². The topological polar surface area (TPSA) is 20.3 Å². The highest BCUT2D eigenvalue weighted by Crippen LogP contribution is 2.35. The van der Waals surface area contributed by atoms with Gasteiger partial charge in [-0.1, -0.05) is 61.2 Å². The quantitative estimate of drug-likeness (QED) is 0.771. The summed E-state index contributed by atoms with van der Waals surface area (Å²) in [5, 5.41) is 0. The van der Waals surface area contributed by atoms with Crippen LogP contribution in [0.5, 0.6) is 0 Å². The van der Waals surface area contributed by atoms with Crippen molar-refractivity contribution in [2.75, 3.05) is 6.54 Å². The van der Waals surface area contributed by atoms with Gasteiger partial charge in [0, 0.05) is 18.5 Å². The zero-order chi connectivity index (χ0) is 15.5. The smallest absolute Gasteiger partial charge is 0.246 e. The summed E-state index contributed by atoms with van der Waals surface area (Å²) < 4.78 is 0. The molecule has 1 amide bonds. The van der Waals surface area contributed by atoms with Crippen molar-refractivity contribution in [3.63, 3.8) is 0 Å². The van der Waals surface area contributed by atoms with Crippen LogP contribution in [0, 0.1) is 0 Å². The molecule has 1 aliphatic rings. The van der Waals surface area contributed by atoms with Crippen LogP contribution in [0.25, 0.3) is 0 Å². The number of fused-ring (bicyclic) bond motifs is 1. The first-order valence-corrected chi connectivity index (χ1v) is 7.78. The van der Waals surface area contributed by atoms with Crippen LogP contribution in [0.4, 0.5) is 0 Å². The van der Waals surface area contributed by atoms with E-state index >= 15 is 0 Å². The minimum Gasteiger partial charge on any atom is -0.335 e. The molecule has 0 saturated heterocycles. The maximum atomic E-state index is 12.3. The summed E-state index contributed by atoms with van der Waals surface area (Å²) in [7, 11) is 0. The molecule has 2 aromatic carbocycles. The summed E-state index contributed by atoms with van der Waals surface area (Å²) in [6.45, 7) is 6.54. The number of hydrogen-bond donors (Lipinski definition) is 0. The summed E-state index contributed by atoms with van der Waals surface area (Å²) in [5.74, 6) is 0.213. The van der Waals surface area contributed by atoms with Crippen molar-refractivity contribution in [3.8, 4) is 0 Å². The van der Waals surface area contributed by atoms with Gasteiger partial charge in [0.05, 0.1) is 0 Å². The van der Waals surface area contributed by atoms with Gasteiger partial charge in [0.25, 0.3) is 0 Å². The van der Waals surface area contributed by atoms with Gasteiger partial charge in [0.2, 0.25) is 5.91 Å². The number of benzene rings is 2. The van der Waals surface area contributed by atoms with Crippen LogP contribution >= 0.6 is 0 Å². The van der Waals surface area contributed by atoms with E-state index in [1.165, 1.54) is 22.8 Å². The summed E-state index contributed by atoms with van der Waals surface area (Å²) in [6.07, 6.45) is 2.32. The Balaban J connectivity index is 2.12. The Morgan fingerprint density at radius 3 is 2.55 bits per heavy atom. The highest BCUT2D eigenvalue weighted by atomic mass is 16.2. The lowest BCUT2D eigenvalue weighted by Gasteiger charge is -2.32. The van der Waals surface area contributed by atoms with E-state index in [-0.39, 0.29) is 17.9 Å². The molecule has 112 valence electrons. The maximum Gasteiger partial charge on any atom is 0.246 e. The van der Waals surface area contributed by atoms with E-state index in [9.17, 15) is 4.79 Å². The monoisotopic (exact) mass is 291 g/mol. The van der Waals surface area contributed by atoms with E-state index in [1.807, 2.05) is 11.0 Å². The number of nitrogens with zero attached hydrogens (tertiary/aromatic N) is 1. The minimum absolute atomic E-state index is 0.0150. The Morgan fingerprint density at radius 1 is 1.14 bits per heavy atom. The number of hydrogen-bond acceptors (Lipinski definition) is 1. The molecule has 0 spiro atoms. The third-order valence-corrected chi connectivity index (χ3v) is 4.60. The van der Waals surface area contributed by atoms with Crippen LogP contribution in [-0.2, 0) is 11.2 Å². The van der Waals surface area contributed by atoms with Gasteiger partial charge in [-0.2, -0.15) is 0 Å². The van der Waals surface area contributed by atoms with E-state index in [1.54, 1.807) is 0 Å². The maximum absolute atomic E-state index is 12.3. The molecule has 0 radical (unpaired) electrons. The Morgan fingerprint density at radius 2 is 1.82 bits per heavy atom. The average Bonchev–Trinajstić information content (AvgIpc) is 2.71. The Hall–Kier alpha value is -2.35. The zero-order valence-electron chi connectivity index (χ0n) is 12.9. The fourth-order valence-corrected chi connectivity index (χ4v) is 3.50. The minimum atomic E-state index is 0.0150. The molecule has 0 saturated carbocycles. The van der Waals surface area contributed by atoms with Crippen molar-refractivity contribution in [1.29, 1.82) is 0 Å². The molecule has 1 aliphatic heterocycles. The summed E-state index contributed by atoms with van der Waals surface area (Å²) >= 11 is 0. The third kappa shape index (κ3) is 2.57. The molecular weight excluding hydrogens is 270 g/mol. The van der Waals surface area contributed by atoms with Gasteiger partial charge in [-0.3, -0.25) is 4.79 Å². The second-order valence-electron chi connectivity index (χ2n) is 5.81. The zero-order valence-corrected chi connectivity index (χ0v) is 12.9. The number of amides is 1. The average molecular weight is 291 g/mol. The van der Waals surface area contributed by atoms with Crippen LogP contribution < -0.4 is 0 Å². The van der Waals surface area contributed by atoms with Gasteiger partial charge >= 0.3 is 0 Å². The van der Waals surface area contributed by atoms with Crippen molar-refractivity contribution < 1.29 is 4.79 Å². The molecule has 2 atom stereocenters. The van der Waals surface area contributed by atoms with Crippen molar-refractivity contribution in [2.24, 2.45) is 0 Å². The predicted octanol–water partition coefficient (Wildman–Crippen LogP) is 3.78. The first-order chi connectivity index (χ1) is 10.7. The molecule has 0 aliphatic carbocycles. The van der Waals surface area contributed by atoms with Gasteiger partial charge < -0.3 is 4.90 Å². The summed E-state index contributed by atoms with van der Waals surface area (Å²) in [4.78, 5) is 14.2. The van der Waals surface area contributed by atoms with Gasteiger partial charge in [0.15, 0.2) is 0 Å². The molecular formula is C20H21NO. The van der Waals surface area contributed by atoms with Crippen LogP contribution in [0.15, 0.2) is 67.3 Å². The predicted molar refractivity (Wildman–Crippen MR) is 89.8 cm³/mol. The normalized spacial score (nSPS) is 20.9.